The van der Waals surface area contributed by atoms with Gasteiger partial charge in [-0.15, -0.1) is 11.3 Å². The van der Waals surface area contributed by atoms with Crippen molar-refractivity contribution in [2.24, 2.45) is 0 Å². The summed E-state index contributed by atoms with van der Waals surface area (Å²) in [6, 6.07) is 12.0. The van der Waals surface area contributed by atoms with E-state index in [0.717, 1.165) is 12.0 Å². The van der Waals surface area contributed by atoms with Crippen LogP contribution in [-0.2, 0) is 11.2 Å². The average molecular weight is 400 g/mol. The Morgan fingerprint density at radius 2 is 1.93 bits per heavy atom. The number of hydrogen-bond acceptors (Lipinski definition) is 3. The van der Waals surface area contributed by atoms with E-state index in [-0.39, 0.29) is 24.5 Å². The summed E-state index contributed by atoms with van der Waals surface area (Å²) in [5.41, 5.74) is 1.87. The van der Waals surface area contributed by atoms with Crippen LogP contribution >= 0.6 is 11.3 Å². The zero-order valence-electron chi connectivity index (χ0n) is 17.1. The second-order valence-electron chi connectivity index (χ2n) is 8.04. The van der Waals surface area contributed by atoms with Gasteiger partial charge in [-0.3, -0.25) is 4.79 Å². The number of urea groups is 1. The topological polar surface area (TPSA) is 52.7 Å². The van der Waals surface area contributed by atoms with Gasteiger partial charge in [0.2, 0.25) is 5.91 Å². The van der Waals surface area contributed by atoms with Crippen molar-refractivity contribution >= 4 is 23.3 Å². The van der Waals surface area contributed by atoms with Crippen LogP contribution in [0.5, 0.6) is 0 Å². The lowest BCUT2D eigenvalue weighted by atomic mass is 9.93. The smallest absolute Gasteiger partial charge is 0.318 e. The first-order chi connectivity index (χ1) is 13.3. The van der Waals surface area contributed by atoms with Crippen LogP contribution in [0.2, 0.25) is 0 Å². The molecule has 0 radical (unpaired) electrons. The fraction of sp³-hybridized carbons (Fsp3) is 0.455. The lowest BCUT2D eigenvalue weighted by molar-refractivity contribution is -0.134. The van der Waals surface area contributed by atoms with Gasteiger partial charge in [0.25, 0.3) is 0 Å². The molecule has 3 amide bonds. The fourth-order valence-electron chi connectivity index (χ4n) is 3.67. The van der Waals surface area contributed by atoms with Gasteiger partial charge in [-0.05, 0) is 56.7 Å². The summed E-state index contributed by atoms with van der Waals surface area (Å²) in [6.07, 6.45) is 0.860. The Morgan fingerprint density at radius 1 is 1.21 bits per heavy atom. The summed E-state index contributed by atoms with van der Waals surface area (Å²) in [6.45, 7) is 9.02. The largest absolute Gasteiger partial charge is 0.338 e. The molecule has 1 aliphatic rings. The van der Waals surface area contributed by atoms with Crippen LogP contribution < -0.4 is 5.32 Å². The maximum atomic E-state index is 13.4. The maximum absolute atomic E-state index is 13.4. The SMILES string of the molecule is CCNC(=O)N(CC(=O)N1CCc2sccc2[C@@H]1c1ccccc1)C(C)(C)C. The zero-order chi connectivity index (χ0) is 20.3. The number of carbonyl (C=O) groups is 2. The molecule has 1 N–H and O–H groups in total. The van der Waals surface area contributed by atoms with Gasteiger partial charge < -0.3 is 15.1 Å². The number of amides is 3. The van der Waals surface area contributed by atoms with E-state index in [4.69, 9.17) is 0 Å². The average Bonchev–Trinajstić information content (AvgIpc) is 3.13. The quantitative estimate of drug-likeness (QED) is 0.843. The van der Waals surface area contributed by atoms with Crippen molar-refractivity contribution in [3.63, 3.8) is 0 Å². The van der Waals surface area contributed by atoms with E-state index in [0.29, 0.717) is 13.1 Å². The number of carbonyl (C=O) groups excluding carboxylic acids is 2. The number of fused-ring (bicyclic) bond motifs is 1. The van der Waals surface area contributed by atoms with Crippen LogP contribution in [0.4, 0.5) is 4.79 Å². The molecule has 2 aromatic rings. The van der Waals surface area contributed by atoms with Crippen LogP contribution in [0.25, 0.3) is 0 Å². The van der Waals surface area contributed by atoms with Crippen molar-refractivity contribution in [3.8, 4) is 0 Å². The Balaban J connectivity index is 1.90. The third-order valence-electron chi connectivity index (χ3n) is 5.08. The first kappa shape index (κ1) is 20.4. The third-order valence-corrected chi connectivity index (χ3v) is 6.07. The molecular weight excluding hydrogens is 370 g/mol. The van der Waals surface area contributed by atoms with Crippen LogP contribution in [0.15, 0.2) is 41.8 Å². The lowest BCUT2D eigenvalue weighted by Crippen LogP contribution is -2.55. The highest BCUT2D eigenvalue weighted by Crippen LogP contribution is 2.37. The molecule has 3 rings (SSSR count). The highest BCUT2D eigenvalue weighted by molar-refractivity contribution is 7.10. The molecule has 5 nitrogen and oxygen atoms in total. The molecule has 28 heavy (non-hydrogen) atoms. The maximum Gasteiger partial charge on any atom is 0.318 e. The van der Waals surface area contributed by atoms with E-state index in [2.05, 4.69) is 28.9 Å². The molecule has 1 atom stereocenters. The number of nitrogens with one attached hydrogen (secondary N) is 1. The molecule has 1 aromatic carbocycles. The molecule has 0 saturated heterocycles. The van der Waals surface area contributed by atoms with Gasteiger partial charge in [-0.25, -0.2) is 4.79 Å². The molecule has 0 aliphatic carbocycles. The number of hydrogen-bond donors (Lipinski definition) is 1. The molecule has 0 bridgehead atoms. The Hall–Kier alpha value is -2.34. The van der Waals surface area contributed by atoms with Gasteiger partial charge in [-0.2, -0.15) is 0 Å². The minimum atomic E-state index is -0.444. The fourth-order valence-corrected chi connectivity index (χ4v) is 4.57. The first-order valence-corrected chi connectivity index (χ1v) is 10.7. The van der Waals surface area contributed by atoms with Crippen LogP contribution in [0.1, 0.15) is 49.7 Å². The van der Waals surface area contributed by atoms with E-state index in [1.165, 1.54) is 10.4 Å². The second-order valence-corrected chi connectivity index (χ2v) is 9.04. The molecule has 1 aromatic heterocycles. The van der Waals surface area contributed by atoms with E-state index >= 15 is 0 Å². The molecule has 1 aliphatic heterocycles. The van der Waals surface area contributed by atoms with Gasteiger partial charge in [0.15, 0.2) is 0 Å². The van der Waals surface area contributed by atoms with E-state index in [1.807, 2.05) is 50.8 Å². The van der Waals surface area contributed by atoms with Gasteiger partial charge in [0.1, 0.15) is 6.54 Å². The molecule has 2 heterocycles. The van der Waals surface area contributed by atoms with Crippen molar-refractivity contribution in [1.82, 2.24) is 15.1 Å². The predicted molar refractivity (Wildman–Crippen MR) is 114 cm³/mol. The van der Waals surface area contributed by atoms with Crippen molar-refractivity contribution in [1.29, 1.82) is 0 Å². The summed E-state index contributed by atoms with van der Waals surface area (Å²) in [5.74, 6) is -0.0214. The summed E-state index contributed by atoms with van der Waals surface area (Å²) in [4.78, 5) is 30.9. The van der Waals surface area contributed by atoms with Crippen molar-refractivity contribution in [2.45, 2.75) is 45.7 Å². The van der Waals surface area contributed by atoms with Crippen molar-refractivity contribution in [3.05, 3.63) is 57.8 Å². The molecule has 0 spiro atoms. The number of benzene rings is 1. The molecule has 0 saturated carbocycles. The van der Waals surface area contributed by atoms with Gasteiger partial charge in [0.05, 0.1) is 6.04 Å². The van der Waals surface area contributed by atoms with Crippen molar-refractivity contribution in [2.75, 3.05) is 19.6 Å². The van der Waals surface area contributed by atoms with E-state index in [1.54, 1.807) is 16.2 Å². The zero-order valence-corrected chi connectivity index (χ0v) is 17.9. The Bertz CT molecular complexity index is 826. The Morgan fingerprint density at radius 3 is 2.57 bits per heavy atom. The first-order valence-electron chi connectivity index (χ1n) is 9.79. The summed E-state index contributed by atoms with van der Waals surface area (Å²) in [7, 11) is 0. The molecule has 150 valence electrons. The minimum Gasteiger partial charge on any atom is -0.338 e. The lowest BCUT2D eigenvalue weighted by Gasteiger charge is -2.40. The summed E-state index contributed by atoms with van der Waals surface area (Å²) in [5, 5.41) is 4.93. The second kappa shape index (κ2) is 8.35. The molecule has 0 unspecified atom stereocenters. The standard InChI is InChI=1S/C22H29N3O2S/c1-5-23-21(27)25(22(2,3)4)15-19(26)24-13-11-18-17(12-14-28-18)20(24)16-9-7-6-8-10-16/h6-10,12,14,20H,5,11,13,15H2,1-4H3,(H,23,27)/t20-/m0/s1. The monoisotopic (exact) mass is 399 g/mol. The molecular formula is C22H29N3O2S. The van der Waals surface area contributed by atoms with Crippen LogP contribution in [0.3, 0.4) is 0 Å². The van der Waals surface area contributed by atoms with E-state index < -0.39 is 5.54 Å². The summed E-state index contributed by atoms with van der Waals surface area (Å²) >= 11 is 1.75. The van der Waals surface area contributed by atoms with Gasteiger partial charge in [0, 0.05) is 23.5 Å². The summed E-state index contributed by atoms with van der Waals surface area (Å²) < 4.78 is 0. The van der Waals surface area contributed by atoms with Crippen molar-refractivity contribution < 1.29 is 9.59 Å². The number of rotatable bonds is 4. The van der Waals surface area contributed by atoms with E-state index in [9.17, 15) is 9.59 Å². The normalized spacial score (nSPS) is 16.4. The highest BCUT2D eigenvalue weighted by atomic mass is 32.1. The van der Waals surface area contributed by atoms with Crippen LogP contribution in [0, 0.1) is 0 Å². The molecule has 0 fully saturated rings. The predicted octanol–water partition coefficient (Wildman–Crippen LogP) is 4.05. The molecule has 6 heteroatoms. The Labute approximate surface area is 171 Å². The van der Waals surface area contributed by atoms with Crippen LogP contribution in [-0.4, -0.2) is 46.9 Å². The van der Waals surface area contributed by atoms with Gasteiger partial charge >= 0.3 is 6.03 Å². The Kier molecular flexibility index (Phi) is 6.08. The minimum absolute atomic E-state index is 0.0214. The third kappa shape index (κ3) is 4.22. The number of thiophene rings is 1. The number of nitrogens with zero attached hydrogens (tertiary/aromatic N) is 2. The highest BCUT2D eigenvalue weighted by Gasteiger charge is 2.36. The van der Waals surface area contributed by atoms with Gasteiger partial charge in [-0.1, -0.05) is 30.3 Å².